The summed E-state index contributed by atoms with van der Waals surface area (Å²) in [5.41, 5.74) is 2.69. The topological polar surface area (TPSA) is 35.9 Å². The molecule has 0 spiro atoms. The quantitative estimate of drug-likeness (QED) is 0.757. The molecule has 1 aliphatic heterocycles. The maximum atomic E-state index is 10.2. The van der Waals surface area contributed by atoms with Crippen LogP contribution in [-0.2, 0) is 11.3 Å². The lowest BCUT2D eigenvalue weighted by Crippen LogP contribution is -2.43. The van der Waals surface area contributed by atoms with E-state index in [9.17, 15) is 5.11 Å². The first-order chi connectivity index (χ1) is 11.2. The van der Waals surface area contributed by atoms with Crippen LogP contribution in [0, 0.1) is 6.92 Å². The molecule has 0 amide bonds. The number of benzene rings is 1. The lowest BCUT2D eigenvalue weighted by Gasteiger charge is -2.31. The smallest absolute Gasteiger partial charge is 0.0667 e. The summed E-state index contributed by atoms with van der Waals surface area (Å²) in [5, 5.41) is 10.2. The Balaban J connectivity index is 1.91. The molecule has 0 saturated carbocycles. The van der Waals surface area contributed by atoms with Crippen LogP contribution >= 0.6 is 0 Å². The lowest BCUT2D eigenvalue weighted by atomic mass is 10.1. The summed E-state index contributed by atoms with van der Waals surface area (Å²) in [6, 6.07) is 8.55. The molecule has 0 aliphatic carbocycles. The van der Waals surface area contributed by atoms with Crippen molar-refractivity contribution in [3.63, 3.8) is 0 Å². The number of nitrogens with zero attached hydrogens (tertiary/aromatic N) is 2. The number of hydrogen-bond donors (Lipinski definition) is 1. The fourth-order valence-corrected chi connectivity index (χ4v) is 3.09. The van der Waals surface area contributed by atoms with Gasteiger partial charge < -0.3 is 9.84 Å². The molecule has 0 radical (unpaired) electrons. The Kier molecular flexibility index (Phi) is 8.03. The van der Waals surface area contributed by atoms with Crippen molar-refractivity contribution in [2.45, 2.75) is 39.3 Å². The first-order valence-corrected chi connectivity index (χ1v) is 8.94. The maximum absolute atomic E-state index is 10.2. The van der Waals surface area contributed by atoms with E-state index in [0.717, 1.165) is 65.3 Å². The Morgan fingerprint density at radius 1 is 1.26 bits per heavy atom. The van der Waals surface area contributed by atoms with Gasteiger partial charge in [0.1, 0.15) is 0 Å². The first-order valence-electron chi connectivity index (χ1n) is 8.94. The fourth-order valence-electron chi connectivity index (χ4n) is 3.09. The van der Waals surface area contributed by atoms with Gasteiger partial charge in [0.25, 0.3) is 0 Å². The molecule has 1 fully saturated rings. The van der Waals surface area contributed by atoms with Crippen LogP contribution in [0.1, 0.15) is 30.9 Å². The Bertz CT molecular complexity index is 447. The van der Waals surface area contributed by atoms with E-state index < -0.39 is 0 Å². The van der Waals surface area contributed by atoms with Crippen molar-refractivity contribution in [3.8, 4) is 0 Å². The van der Waals surface area contributed by atoms with E-state index >= 15 is 0 Å². The molecule has 1 aliphatic rings. The van der Waals surface area contributed by atoms with E-state index in [2.05, 4.69) is 47.9 Å². The summed E-state index contributed by atoms with van der Waals surface area (Å²) < 4.78 is 5.42. The van der Waals surface area contributed by atoms with E-state index in [0.29, 0.717) is 0 Å². The van der Waals surface area contributed by atoms with Crippen LogP contribution in [0.15, 0.2) is 24.3 Å². The molecule has 23 heavy (non-hydrogen) atoms. The molecule has 1 saturated heterocycles. The molecule has 0 aromatic heterocycles. The molecule has 2 rings (SSSR count). The second-order valence-electron chi connectivity index (χ2n) is 6.56. The standard InChI is InChI=1S/C19H32N2O2/c1-3-6-19(22)16-21(10-9-20-11-13-23-14-12-20)15-18-8-5-4-7-17(18)2/h4-5,7-8,19,22H,3,6,9-16H2,1-2H3. The summed E-state index contributed by atoms with van der Waals surface area (Å²) in [5.74, 6) is 0. The highest BCUT2D eigenvalue weighted by molar-refractivity contribution is 5.25. The van der Waals surface area contributed by atoms with Gasteiger partial charge >= 0.3 is 0 Å². The van der Waals surface area contributed by atoms with Crippen LogP contribution < -0.4 is 0 Å². The van der Waals surface area contributed by atoms with Crippen molar-refractivity contribution in [1.82, 2.24) is 9.80 Å². The van der Waals surface area contributed by atoms with Gasteiger partial charge in [0.15, 0.2) is 0 Å². The molecule has 4 heteroatoms. The van der Waals surface area contributed by atoms with Crippen molar-refractivity contribution >= 4 is 0 Å². The average molecular weight is 320 g/mol. The van der Waals surface area contributed by atoms with Crippen LogP contribution in [0.3, 0.4) is 0 Å². The summed E-state index contributed by atoms with van der Waals surface area (Å²) in [6.07, 6.45) is 1.68. The Labute approximate surface area is 141 Å². The van der Waals surface area contributed by atoms with Gasteiger partial charge in [-0.05, 0) is 24.5 Å². The minimum absolute atomic E-state index is 0.228. The number of morpholine rings is 1. The summed E-state index contributed by atoms with van der Waals surface area (Å²) in [4.78, 5) is 4.86. The van der Waals surface area contributed by atoms with Crippen molar-refractivity contribution in [2.24, 2.45) is 0 Å². The van der Waals surface area contributed by atoms with Gasteiger partial charge in [0, 0.05) is 39.3 Å². The van der Waals surface area contributed by atoms with Gasteiger partial charge in [-0.1, -0.05) is 37.6 Å². The van der Waals surface area contributed by atoms with Crippen molar-refractivity contribution in [1.29, 1.82) is 0 Å². The van der Waals surface area contributed by atoms with E-state index in [1.807, 2.05) is 0 Å². The van der Waals surface area contributed by atoms with Gasteiger partial charge in [-0.3, -0.25) is 9.80 Å². The summed E-state index contributed by atoms with van der Waals surface area (Å²) >= 11 is 0. The van der Waals surface area contributed by atoms with Crippen molar-refractivity contribution < 1.29 is 9.84 Å². The molecule has 130 valence electrons. The molecular formula is C19H32N2O2. The van der Waals surface area contributed by atoms with E-state index in [-0.39, 0.29) is 6.10 Å². The number of ether oxygens (including phenoxy) is 1. The molecule has 1 heterocycles. The average Bonchev–Trinajstić information content (AvgIpc) is 2.56. The highest BCUT2D eigenvalue weighted by Gasteiger charge is 2.16. The van der Waals surface area contributed by atoms with Crippen molar-refractivity contribution in [3.05, 3.63) is 35.4 Å². The van der Waals surface area contributed by atoms with Gasteiger partial charge in [-0.15, -0.1) is 0 Å². The monoisotopic (exact) mass is 320 g/mol. The zero-order valence-corrected chi connectivity index (χ0v) is 14.7. The van der Waals surface area contributed by atoms with Crippen LogP contribution in [0.5, 0.6) is 0 Å². The van der Waals surface area contributed by atoms with E-state index in [1.54, 1.807) is 0 Å². The second kappa shape index (κ2) is 10.0. The number of aliphatic hydroxyl groups excluding tert-OH is 1. The minimum atomic E-state index is -0.228. The van der Waals surface area contributed by atoms with Gasteiger partial charge in [-0.25, -0.2) is 0 Å². The zero-order valence-electron chi connectivity index (χ0n) is 14.7. The lowest BCUT2D eigenvalue weighted by molar-refractivity contribution is 0.0287. The summed E-state index contributed by atoms with van der Waals surface area (Å²) in [6.45, 7) is 11.7. The molecule has 0 bridgehead atoms. The van der Waals surface area contributed by atoms with Crippen molar-refractivity contribution in [2.75, 3.05) is 45.9 Å². The maximum Gasteiger partial charge on any atom is 0.0667 e. The van der Waals surface area contributed by atoms with Gasteiger partial charge in [0.05, 0.1) is 19.3 Å². The largest absolute Gasteiger partial charge is 0.392 e. The predicted octanol–water partition coefficient (Wildman–Crippen LogP) is 2.29. The summed E-state index contributed by atoms with van der Waals surface area (Å²) in [7, 11) is 0. The third-order valence-corrected chi connectivity index (χ3v) is 4.58. The SMILES string of the molecule is CCCC(O)CN(CCN1CCOCC1)Cc1ccccc1C. The van der Waals surface area contributed by atoms with E-state index in [1.165, 1.54) is 11.1 Å². The zero-order chi connectivity index (χ0) is 16.5. The third-order valence-electron chi connectivity index (χ3n) is 4.58. The van der Waals surface area contributed by atoms with Crippen LogP contribution in [0.2, 0.25) is 0 Å². The van der Waals surface area contributed by atoms with Crippen LogP contribution in [-0.4, -0.2) is 66.9 Å². The number of aliphatic hydroxyl groups is 1. The number of hydrogen-bond acceptors (Lipinski definition) is 4. The Morgan fingerprint density at radius 2 is 2.00 bits per heavy atom. The predicted molar refractivity (Wildman–Crippen MR) is 94.6 cm³/mol. The molecule has 1 aromatic rings. The van der Waals surface area contributed by atoms with Gasteiger partial charge in [-0.2, -0.15) is 0 Å². The normalized spacial score (nSPS) is 17.6. The number of aryl methyl sites for hydroxylation is 1. The molecule has 4 nitrogen and oxygen atoms in total. The fraction of sp³-hybridized carbons (Fsp3) is 0.684. The van der Waals surface area contributed by atoms with Crippen LogP contribution in [0.25, 0.3) is 0 Å². The molecule has 1 unspecified atom stereocenters. The minimum Gasteiger partial charge on any atom is -0.392 e. The molecule has 1 N–H and O–H groups in total. The highest BCUT2D eigenvalue weighted by Crippen LogP contribution is 2.12. The van der Waals surface area contributed by atoms with Gasteiger partial charge in [0.2, 0.25) is 0 Å². The first kappa shape index (κ1) is 18.4. The van der Waals surface area contributed by atoms with E-state index in [4.69, 9.17) is 4.74 Å². The molecular weight excluding hydrogens is 288 g/mol. The molecule has 1 atom stereocenters. The Hall–Kier alpha value is -0.940. The third kappa shape index (κ3) is 6.60. The van der Waals surface area contributed by atoms with Crippen LogP contribution in [0.4, 0.5) is 0 Å². The Morgan fingerprint density at radius 3 is 2.70 bits per heavy atom. The molecule has 1 aromatic carbocycles. The second-order valence-corrected chi connectivity index (χ2v) is 6.56. The highest BCUT2D eigenvalue weighted by atomic mass is 16.5. The number of rotatable bonds is 9.